The van der Waals surface area contributed by atoms with Crippen molar-refractivity contribution in [2.75, 3.05) is 6.61 Å². The van der Waals surface area contributed by atoms with Gasteiger partial charge in [0, 0.05) is 6.04 Å². The normalized spacial score (nSPS) is 25.0. The van der Waals surface area contributed by atoms with Gasteiger partial charge in [-0.2, -0.15) is 4.31 Å². The predicted molar refractivity (Wildman–Crippen MR) is 83.6 cm³/mol. The first-order valence-corrected chi connectivity index (χ1v) is 9.17. The number of aryl methyl sites for hydroxylation is 1. The van der Waals surface area contributed by atoms with E-state index in [1.165, 1.54) is 17.1 Å². The highest BCUT2D eigenvalue weighted by Crippen LogP contribution is 2.38. The quantitative estimate of drug-likeness (QED) is 0.593. The standard InChI is InChI=1S/C16H25NO3S/c1-3-4-5-6-7-15-16(12-18)17(15)21(19,20)14-10-8-13(2)9-11-14/h8-11,15-16,18H,3-7,12H2,1-2H3/t15?,16-,17?/m0/s1. The molecule has 1 fully saturated rings. The van der Waals surface area contributed by atoms with Crippen molar-refractivity contribution < 1.29 is 13.5 Å². The molecule has 0 aromatic heterocycles. The minimum atomic E-state index is -3.46. The van der Waals surface area contributed by atoms with Gasteiger partial charge in [0.1, 0.15) is 0 Å². The minimum absolute atomic E-state index is 0.0295. The van der Waals surface area contributed by atoms with Crippen molar-refractivity contribution in [3.05, 3.63) is 29.8 Å². The summed E-state index contributed by atoms with van der Waals surface area (Å²) in [5, 5.41) is 9.40. The monoisotopic (exact) mass is 311 g/mol. The summed E-state index contributed by atoms with van der Waals surface area (Å²) in [5.41, 5.74) is 1.04. The number of benzene rings is 1. The maximum absolute atomic E-state index is 12.6. The van der Waals surface area contributed by atoms with E-state index in [1.54, 1.807) is 24.3 Å². The molecule has 1 aliphatic rings. The van der Waals surface area contributed by atoms with Crippen LogP contribution in [0.5, 0.6) is 0 Å². The molecule has 1 aliphatic heterocycles. The van der Waals surface area contributed by atoms with Crippen LogP contribution >= 0.6 is 0 Å². The zero-order valence-electron chi connectivity index (χ0n) is 12.8. The highest BCUT2D eigenvalue weighted by Gasteiger charge is 2.54. The minimum Gasteiger partial charge on any atom is -0.395 e. The Morgan fingerprint density at radius 2 is 1.76 bits per heavy atom. The third-order valence-corrected chi connectivity index (χ3v) is 6.11. The average Bonchev–Trinajstić information content (AvgIpc) is 3.18. The van der Waals surface area contributed by atoms with Crippen molar-refractivity contribution in [3.63, 3.8) is 0 Å². The molecule has 2 unspecified atom stereocenters. The van der Waals surface area contributed by atoms with Gasteiger partial charge in [-0.25, -0.2) is 8.42 Å². The lowest BCUT2D eigenvalue weighted by Gasteiger charge is -2.07. The lowest BCUT2D eigenvalue weighted by Crippen LogP contribution is -2.17. The van der Waals surface area contributed by atoms with Crippen LogP contribution < -0.4 is 0 Å². The van der Waals surface area contributed by atoms with Gasteiger partial charge < -0.3 is 5.11 Å². The molecular formula is C16H25NO3S. The Hall–Kier alpha value is -0.910. The van der Waals surface area contributed by atoms with Crippen molar-refractivity contribution in [1.82, 2.24) is 4.31 Å². The first kappa shape index (κ1) is 16.5. The van der Waals surface area contributed by atoms with E-state index in [4.69, 9.17) is 0 Å². The molecule has 3 atom stereocenters. The molecule has 1 aromatic rings. The van der Waals surface area contributed by atoms with Crippen molar-refractivity contribution in [2.45, 2.75) is 62.9 Å². The van der Waals surface area contributed by atoms with Crippen LogP contribution in [-0.2, 0) is 10.0 Å². The number of rotatable bonds is 8. The number of aliphatic hydroxyl groups is 1. The second kappa shape index (κ2) is 6.90. The molecule has 118 valence electrons. The van der Waals surface area contributed by atoms with Gasteiger partial charge in [-0.3, -0.25) is 0 Å². The van der Waals surface area contributed by atoms with Crippen LogP contribution in [0.15, 0.2) is 29.2 Å². The van der Waals surface area contributed by atoms with E-state index in [-0.39, 0.29) is 18.7 Å². The molecule has 0 bridgehead atoms. The second-order valence-electron chi connectivity index (χ2n) is 5.81. The lowest BCUT2D eigenvalue weighted by atomic mass is 10.1. The molecule has 1 aromatic carbocycles. The SMILES string of the molecule is CCCCCCC1[C@H](CO)N1S(=O)(=O)c1ccc(C)cc1. The second-order valence-corrected chi connectivity index (χ2v) is 7.66. The van der Waals surface area contributed by atoms with Gasteiger partial charge in [-0.15, -0.1) is 0 Å². The zero-order chi connectivity index (χ0) is 15.5. The van der Waals surface area contributed by atoms with Crippen LogP contribution in [0.3, 0.4) is 0 Å². The molecule has 2 rings (SSSR count). The fraction of sp³-hybridized carbons (Fsp3) is 0.625. The number of hydrogen-bond acceptors (Lipinski definition) is 3. The van der Waals surface area contributed by atoms with E-state index in [2.05, 4.69) is 6.92 Å². The van der Waals surface area contributed by atoms with Crippen LogP contribution in [0.4, 0.5) is 0 Å². The van der Waals surface area contributed by atoms with Crippen LogP contribution in [0, 0.1) is 6.92 Å². The van der Waals surface area contributed by atoms with Crippen LogP contribution in [0.2, 0.25) is 0 Å². The zero-order valence-corrected chi connectivity index (χ0v) is 13.6. The number of sulfonamides is 1. The summed E-state index contributed by atoms with van der Waals surface area (Å²) in [7, 11) is -3.46. The van der Waals surface area contributed by atoms with E-state index >= 15 is 0 Å². The largest absolute Gasteiger partial charge is 0.395 e. The lowest BCUT2D eigenvalue weighted by molar-refractivity contribution is 0.286. The van der Waals surface area contributed by atoms with Gasteiger partial charge in [-0.1, -0.05) is 50.3 Å². The van der Waals surface area contributed by atoms with E-state index < -0.39 is 10.0 Å². The van der Waals surface area contributed by atoms with Crippen molar-refractivity contribution in [1.29, 1.82) is 0 Å². The van der Waals surface area contributed by atoms with Gasteiger partial charge >= 0.3 is 0 Å². The van der Waals surface area contributed by atoms with Crippen molar-refractivity contribution in [2.24, 2.45) is 0 Å². The topological polar surface area (TPSA) is 57.4 Å². The molecule has 0 saturated carbocycles. The molecule has 4 nitrogen and oxygen atoms in total. The van der Waals surface area contributed by atoms with Gasteiger partial charge in [0.05, 0.1) is 17.5 Å². The Morgan fingerprint density at radius 1 is 1.10 bits per heavy atom. The molecule has 0 aliphatic carbocycles. The van der Waals surface area contributed by atoms with Gasteiger partial charge in [-0.05, 0) is 25.5 Å². The summed E-state index contributed by atoms with van der Waals surface area (Å²) >= 11 is 0. The molecule has 1 N–H and O–H groups in total. The van der Waals surface area contributed by atoms with Gasteiger partial charge in [0.15, 0.2) is 0 Å². The highest BCUT2D eigenvalue weighted by atomic mass is 32.2. The highest BCUT2D eigenvalue weighted by molar-refractivity contribution is 7.89. The first-order chi connectivity index (χ1) is 10.0. The Bertz CT molecular complexity index is 553. The molecule has 0 radical (unpaired) electrons. The Labute approximate surface area is 127 Å². The Balaban J connectivity index is 2.04. The fourth-order valence-corrected chi connectivity index (χ4v) is 4.64. The molecule has 0 amide bonds. The van der Waals surface area contributed by atoms with Gasteiger partial charge in [0.2, 0.25) is 10.0 Å². The number of nitrogens with zero attached hydrogens (tertiary/aromatic N) is 1. The maximum Gasteiger partial charge on any atom is 0.243 e. The summed E-state index contributed by atoms with van der Waals surface area (Å²) in [6.07, 6.45) is 5.34. The third kappa shape index (κ3) is 3.65. The summed E-state index contributed by atoms with van der Waals surface area (Å²) in [6, 6.07) is 6.63. The third-order valence-electron chi connectivity index (χ3n) is 4.15. The van der Waals surface area contributed by atoms with E-state index in [0.29, 0.717) is 4.90 Å². The number of unbranched alkanes of at least 4 members (excludes halogenated alkanes) is 3. The predicted octanol–water partition coefficient (Wildman–Crippen LogP) is 2.70. The van der Waals surface area contributed by atoms with Crippen LogP contribution in [0.1, 0.15) is 44.6 Å². The van der Waals surface area contributed by atoms with E-state index in [0.717, 1.165) is 24.8 Å². The van der Waals surface area contributed by atoms with Crippen molar-refractivity contribution in [3.8, 4) is 0 Å². The maximum atomic E-state index is 12.6. The Morgan fingerprint density at radius 3 is 2.33 bits per heavy atom. The van der Waals surface area contributed by atoms with Crippen LogP contribution in [0.25, 0.3) is 0 Å². The summed E-state index contributed by atoms with van der Waals surface area (Å²) in [4.78, 5) is 0.322. The molecule has 5 heteroatoms. The summed E-state index contributed by atoms with van der Waals surface area (Å²) < 4.78 is 26.7. The number of hydrogen-bond donors (Lipinski definition) is 1. The van der Waals surface area contributed by atoms with Crippen LogP contribution in [-0.4, -0.2) is 36.5 Å². The fourth-order valence-electron chi connectivity index (χ4n) is 2.80. The molecule has 1 saturated heterocycles. The van der Waals surface area contributed by atoms with E-state index in [1.807, 2.05) is 6.92 Å². The van der Waals surface area contributed by atoms with Gasteiger partial charge in [0.25, 0.3) is 0 Å². The smallest absolute Gasteiger partial charge is 0.243 e. The Kier molecular flexibility index (Phi) is 5.41. The molecular weight excluding hydrogens is 286 g/mol. The summed E-state index contributed by atoms with van der Waals surface area (Å²) in [6.45, 7) is 3.99. The molecule has 0 spiro atoms. The van der Waals surface area contributed by atoms with Crippen molar-refractivity contribution >= 4 is 10.0 Å². The molecule has 21 heavy (non-hydrogen) atoms. The average molecular weight is 311 g/mol. The first-order valence-electron chi connectivity index (χ1n) is 7.73. The van der Waals surface area contributed by atoms with E-state index in [9.17, 15) is 13.5 Å². The number of aliphatic hydroxyl groups excluding tert-OH is 1. The molecule has 1 heterocycles. The summed E-state index contributed by atoms with van der Waals surface area (Å²) in [5.74, 6) is 0.